The van der Waals surface area contributed by atoms with Gasteiger partial charge in [-0.25, -0.2) is 17.8 Å². The molecule has 1 aromatic heterocycles. The van der Waals surface area contributed by atoms with Crippen molar-refractivity contribution >= 4 is 43.2 Å². The SMILES string of the molecule is CN(c1ccccc1)S(=O)(=O)c1ccc(C(=O)N2CCC(Oc3nc4ccc(F)cc4s3)CC2)cc1. The molecule has 0 bridgehead atoms. The molecular formula is C26H24FN3O4S2. The van der Waals surface area contributed by atoms with E-state index in [1.54, 1.807) is 47.4 Å². The second-order valence-corrected chi connectivity index (χ2v) is 11.5. The van der Waals surface area contributed by atoms with Crippen LogP contribution in [-0.4, -0.2) is 50.5 Å². The van der Waals surface area contributed by atoms with E-state index in [9.17, 15) is 17.6 Å². The molecule has 1 amide bonds. The number of piperidine rings is 1. The van der Waals surface area contributed by atoms with Gasteiger partial charge >= 0.3 is 0 Å². The molecule has 1 fully saturated rings. The van der Waals surface area contributed by atoms with Crippen LogP contribution >= 0.6 is 11.3 Å². The van der Waals surface area contributed by atoms with E-state index in [-0.39, 0.29) is 22.7 Å². The number of amides is 1. The lowest BCUT2D eigenvalue weighted by molar-refractivity contribution is 0.0595. The van der Waals surface area contributed by atoms with Gasteiger partial charge in [-0.05, 0) is 54.6 Å². The Bertz CT molecular complexity index is 1480. The van der Waals surface area contributed by atoms with Crippen LogP contribution in [0.15, 0.2) is 77.7 Å². The normalized spacial score (nSPS) is 14.7. The van der Waals surface area contributed by atoms with Crippen LogP contribution < -0.4 is 9.04 Å². The van der Waals surface area contributed by atoms with Crippen LogP contribution in [0, 0.1) is 5.82 Å². The minimum Gasteiger partial charge on any atom is -0.467 e. The number of sulfonamides is 1. The van der Waals surface area contributed by atoms with Crippen molar-refractivity contribution in [2.24, 2.45) is 0 Å². The number of carbonyl (C=O) groups is 1. The van der Waals surface area contributed by atoms with Gasteiger partial charge in [-0.1, -0.05) is 29.5 Å². The molecule has 0 aliphatic carbocycles. The fraction of sp³-hybridized carbons (Fsp3) is 0.231. The first kappa shape index (κ1) is 24.2. The van der Waals surface area contributed by atoms with Gasteiger partial charge in [0.05, 0.1) is 20.8 Å². The lowest BCUT2D eigenvalue weighted by Gasteiger charge is -2.31. The Balaban J connectivity index is 1.20. The summed E-state index contributed by atoms with van der Waals surface area (Å²) in [5.41, 5.74) is 1.69. The van der Waals surface area contributed by atoms with E-state index in [0.717, 1.165) is 4.70 Å². The van der Waals surface area contributed by atoms with Gasteiger partial charge in [-0.15, -0.1) is 0 Å². The van der Waals surface area contributed by atoms with E-state index in [1.807, 2.05) is 6.07 Å². The topological polar surface area (TPSA) is 79.8 Å². The Morgan fingerprint density at radius 3 is 2.44 bits per heavy atom. The summed E-state index contributed by atoms with van der Waals surface area (Å²) in [6.07, 6.45) is 1.20. The zero-order chi connectivity index (χ0) is 25.3. The molecule has 5 rings (SSSR count). The maximum absolute atomic E-state index is 13.4. The smallest absolute Gasteiger partial charge is 0.274 e. The Kier molecular flexibility index (Phi) is 6.63. The molecule has 0 spiro atoms. The molecule has 7 nitrogen and oxygen atoms in total. The van der Waals surface area contributed by atoms with Crippen LogP contribution in [0.2, 0.25) is 0 Å². The average Bonchev–Trinajstić information content (AvgIpc) is 3.30. The Hall–Kier alpha value is -3.50. The molecule has 0 atom stereocenters. The summed E-state index contributed by atoms with van der Waals surface area (Å²) in [6, 6.07) is 19.3. The molecular weight excluding hydrogens is 501 g/mol. The molecule has 4 aromatic rings. The molecule has 2 heterocycles. The number of carbonyl (C=O) groups excluding carboxylic acids is 1. The molecule has 10 heteroatoms. The number of nitrogens with zero attached hydrogens (tertiary/aromatic N) is 3. The van der Waals surface area contributed by atoms with E-state index in [4.69, 9.17) is 4.74 Å². The fourth-order valence-corrected chi connectivity index (χ4v) is 6.24. The number of ether oxygens (including phenoxy) is 1. The quantitative estimate of drug-likeness (QED) is 0.356. The first-order valence-electron chi connectivity index (χ1n) is 11.5. The van der Waals surface area contributed by atoms with Gasteiger partial charge in [-0.2, -0.15) is 0 Å². The zero-order valence-corrected chi connectivity index (χ0v) is 21.1. The highest BCUT2D eigenvalue weighted by molar-refractivity contribution is 7.92. The highest BCUT2D eigenvalue weighted by atomic mass is 32.2. The molecule has 1 saturated heterocycles. The maximum atomic E-state index is 13.4. The van der Waals surface area contributed by atoms with Gasteiger partial charge in [0.15, 0.2) is 0 Å². The summed E-state index contributed by atoms with van der Waals surface area (Å²) >= 11 is 1.31. The number of anilines is 1. The number of aromatic nitrogens is 1. The monoisotopic (exact) mass is 525 g/mol. The number of rotatable bonds is 6. The van der Waals surface area contributed by atoms with Gasteiger partial charge in [0.1, 0.15) is 11.9 Å². The van der Waals surface area contributed by atoms with Gasteiger partial charge in [0.25, 0.3) is 21.1 Å². The summed E-state index contributed by atoms with van der Waals surface area (Å²) < 4.78 is 47.3. The highest BCUT2D eigenvalue weighted by Crippen LogP contribution is 2.30. The first-order chi connectivity index (χ1) is 17.3. The molecule has 3 aromatic carbocycles. The van der Waals surface area contributed by atoms with Gasteiger partial charge in [-0.3, -0.25) is 9.10 Å². The van der Waals surface area contributed by atoms with Gasteiger partial charge in [0.2, 0.25) is 0 Å². The zero-order valence-electron chi connectivity index (χ0n) is 19.5. The highest BCUT2D eigenvalue weighted by Gasteiger charge is 2.27. The number of fused-ring (bicyclic) bond motifs is 1. The lowest BCUT2D eigenvalue weighted by Crippen LogP contribution is -2.41. The summed E-state index contributed by atoms with van der Waals surface area (Å²) in [4.78, 5) is 19.3. The number of halogens is 1. The Labute approximate surface area is 212 Å². The molecule has 0 saturated carbocycles. The molecule has 0 N–H and O–H groups in total. The maximum Gasteiger partial charge on any atom is 0.274 e. The van der Waals surface area contributed by atoms with E-state index in [0.29, 0.717) is 47.9 Å². The molecule has 0 unspecified atom stereocenters. The predicted octanol–water partition coefficient (Wildman–Crippen LogP) is 4.94. The van der Waals surface area contributed by atoms with Crippen LogP contribution in [0.25, 0.3) is 10.2 Å². The molecule has 0 radical (unpaired) electrons. The van der Waals surface area contributed by atoms with E-state index >= 15 is 0 Å². The number of hydrogen-bond acceptors (Lipinski definition) is 6. The van der Waals surface area contributed by atoms with Gasteiger partial charge in [0, 0.05) is 38.5 Å². The van der Waals surface area contributed by atoms with Crippen LogP contribution in [0.5, 0.6) is 5.19 Å². The van der Waals surface area contributed by atoms with Crippen LogP contribution in [0.4, 0.5) is 10.1 Å². The summed E-state index contributed by atoms with van der Waals surface area (Å²) in [5, 5.41) is 0.498. The van der Waals surface area contributed by atoms with Crippen molar-refractivity contribution in [3.8, 4) is 5.19 Å². The molecule has 36 heavy (non-hydrogen) atoms. The standard InChI is InChI=1S/C26H24FN3O4S2/c1-29(20-5-3-2-4-6-20)36(32,33)22-10-7-18(8-11-22)25(31)30-15-13-21(14-16-30)34-26-28-23-12-9-19(27)17-24(23)35-26/h2-12,17,21H,13-16H2,1H3. The Morgan fingerprint density at radius 2 is 1.75 bits per heavy atom. The van der Waals surface area contributed by atoms with Crippen molar-refractivity contribution in [3.05, 3.63) is 84.2 Å². The van der Waals surface area contributed by atoms with Crippen LogP contribution in [0.1, 0.15) is 23.2 Å². The predicted molar refractivity (Wildman–Crippen MR) is 138 cm³/mol. The minimum atomic E-state index is -3.74. The van der Waals surface area contributed by atoms with Crippen molar-refractivity contribution in [3.63, 3.8) is 0 Å². The number of likely N-dealkylation sites (tertiary alicyclic amines) is 1. The second kappa shape index (κ2) is 9.87. The number of para-hydroxylation sites is 1. The molecule has 186 valence electrons. The van der Waals surface area contributed by atoms with Crippen molar-refractivity contribution in [1.29, 1.82) is 0 Å². The minimum absolute atomic E-state index is 0.0829. The van der Waals surface area contributed by atoms with Crippen molar-refractivity contribution in [2.45, 2.75) is 23.8 Å². The second-order valence-electron chi connectivity index (χ2n) is 8.53. The lowest BCUT2D eigenvalue weighted by atomic mass is 10.1. The van der Waals surface area contributed by atoms with Crippen molar-refractivity contribution in [1.82, 2.24) is 9.88 Å². The average molecular weight is 526 g/mol. The summed E-state index contributed by atoms with van der Waals surface area (Å²) in [5.74, 6) is -0.456. The van der Waals surface area contributed by atoms with E-state index in [1.165, 1.54) is 47.0 Å². The van der Waals surface area contributed by atoms with Gasteiger partial charge < -0.3 is 9.64 Å². The van der Waals surface area contributed by atoms with Crippen molar-refractivity contribution in [2.75, 3.05) is 24.4 Å². The fourth-order valence-electron chi connectivity index (χ4n) is 4.13. The third-order valence-corrected chi connectivity index (χ3v) is 8.92. The molecule has 1 aliphatic heterocycles. The van der Waals surface area contributed by atoms with Crippen LogP contribution in [-0.2, 0) is 10.0 Å². The van der Waals surface area contributed by atoms with E-state index < -0.39 is 10.0 Å². The van der Waals surface area contributed by atoms with E-state index in [2.05, 4.69) is 4.98 Å². The Morgan fingerprint density at radius 1 is 1.06 bits per heavy atom. The van der Waals surface area contributed by atoms with Crippen LogP contribution in [0.3, 0.4) is 0 Å². The number of hydrogen-bond donors (Lipinski definition) is 0. The number of benzene rings is 3. The van der Waals surface area contributed by atoms with Crippen molar-refractivity contribution < 1.29 is 22.3 Å². The summed E-state index contributed by atoms with van der Waals surface area (Å²) in [6.45, 7) is 1.03. The third kappa shape index (κ3) is 4.91. The summed E-state index contributed by atoms with van der Waals surface area (Å²) in [7, 11) is -2.24. The molecule has 1 aliphatic rings. The first-order valence-corrected chi connectivity index (χ1v) is 13.7. The largest absolute Gasteiger partial charge is 0.467 e. The third-order valence-electron chi connectivity index (χ3n) is 6.21. The number of thiazole rings is 1.